The monoisotopic (exact) mass is 474 g/mol. The van der Waals surface area contributed by atoms with Crippen molar-refractivity contribution >= 4 is 27.2 Å². The van der Waals surface area contributed by atoms with Crippen LogP contribution in [0.5, 0.6) is 0 Å². The summed E-state index contributed by atoms with van der Waals surface area (Å²) < 4.78 is 0. The highest BCUT2D eigenvalue weighted by Gasteiger charge is 2.11. The summed E-state index contributed by atoms with van der Waals surface area (Å²) in [5, 5.41) is 9.93. The maximum Gasteiger partial charge on any atom is 0.129 e. The highest BCUT2D eigenvalue weighted by molar-refractivity contribution is 6.09. The van der Waals surface area contributed by atoms with Crippen LogP contribution in [0.4, 0.5) is 5.69 Å². The fraction of sp³-hybridized carbons (Fsp3) is 0.483. The molecule has 0 radical (unpaired) electrons. The molecule has 0 bridgehead atoms. The van der Waals surface area contributed by atoms with Crippen molar-refractivity contribution in [1.29, 1.82) is 0 Å². The number of likely N-dealkylation sites (tertiary alicyclic amines) is 2. The fourth-order valence-electron chi connectivity index (χ4n) is 5.30. The molecule has 0 amide bonds. The molecule has 5 rings (SSSR count). The molecule has 1 N–H and O–H groups in total. The maximum absolute atomic E-state index is 5.98. The van der Waals surface area contributed by atoms with E-state index in [1.165, 1.54) is 70.1 Å². The van der Waals surface area contributed by atoms with Crippen LogP contribution in [-0.2, 0) is 9.68 Å². The average Bonchev–Trinajstić information content (AvgIpc) is 3.05. The van der Waals surface area contributed by atoms with E-state index in [1.54, 1.807) is 0 Å². The molecule has 2 aliphatic heterocycles. The van der Waals surface area contributed by atoms with E-state index in [-0.39, 0.29) is 0 Å². The number of piperidine rings is 2. The van der Waals surface area contributed by atoms with E-state index in [2.05, 4.69) is 75.0 Å². The third kappa shape index (κ3) is 6.31. The standard InChI is InChI=1S/C29H38N4O2/c1-7-15-32(16-8-1)19-21-34-30-28-23-29(31-35-22-20-33-17-9-2-10-18-33)27-14-6-4-12-25(27)24-11-3-5-13-26(24)28/h3-6,11-14,23,30H,1-2,7-10,15-22H2. The minimum Gasteiger partial charge on any atom is -0.394 e. The molecular formula is C29H38N4O2. The van der Waals surface area contributed by atoms with E-state index in [9.17, 15) is 0 Å². The van der Waals surface area contributed by atoms with Gasteiger partial charge < -0.3 is 9.74 Å². The van der Waals surface area contributed by atoms with Gasteiger partial charge in [-0.3, -0.25) is 15.2 Å². The number of hydrogen-bond acceptors (Lipinski definition) is 6. The number of fused-ring (bicyclic) bond motifs is 3. The zero-order chi connectivity index (χ0) is 23.7. The molecule has 6 nitrogen and oxygen atoms in total. The largest absolute Gasteiger partial charge is 0.394 e. The van der Waals surface area contributed by atoms with Gasteiger partial charge in [0, 0.05) is 23.9 Å². The normalized spacial score (nSPS) is 18.2. The molecule has 0 spiro atoms. The summed E-state index contributed by atoms with van der Waals surface area (Å²) in [4.78, 5) is 16.8. The van der Waals surface area contributed by atoms with Gasteiger partial charge in [-0.1, -0.05) is 66.5 Å². The number of anilines is 1. The van der Waals surface area contributed by atoms with Crippen molar-refractivity contribution in [3.8, 4) is 0 Å². The van der Waals surface area contributed by atoms with Crippen molar-refractivity contribution in [3.05, 3.63) is 60.0 Å². The molecule has 0 aliphatic carbocycles. The molecule has 3 aromatic carbocycles. The van der Waals surface area contributed by atoms with Gasteiger partial charge in [-0.25, -0.2) is 0 Å². The summed E-state index contributed by atoms with van der Waals surface area (Å²) in [5.74, 6) is 0. The lowest BCUT2D eigenvalue weighted by atomic mass is 10.1. The Kier molecular flexibility index (Phi) is 8.48. The average molecular weight is 475 g/mol. The van der Waals surface area contributed by atoms with Crippen LogP contribution in [0.1, 0.15) is 38.5 Å². The number of rotatable bonds is 9. The predicted octanol–water partition coefficient (Wildman–Crippen LogP) is 5.14. The summed E-state index contributed by atoms with van der Waals surface area (Å²) in [6, 6.07) is 18.9. The van der Waals surface area contributed by atoms with Gasteiger partial charge in [0.05, 0.1) is 12.3 Å². The van der Waals surface area contributed by atoms with Gasteiger partial charge >= 0.3 is 0 Å². The van der Waals surface area contributed by atoms with Gasteiger partial charge in [0.2, 0.25) is 0 Å². The van der Waals surface area contributed by atoms with Crippen LogP contribution in [0.3, 0.4) is 0 Å². The van der Waals surface area contributed by atoms with E-state index < -0.39 is 0 Å². The van der Waals surface area contributed by atoms with Gasteiger partial charge in [-0.2, -0.15) is 0 Å². The Labute approximate surface area is 208 Å². The van der Waals surface area contributed by atoms with Crippen LogP contribution in [0, 0.1) is 0 Å². The Hall–Kier alpha value is -2.67. The van der Waals surface area contributed by atoms with Crippen molar-refractivity contribution in [2.24, 2.45) is 5.16 Å². The van der Waals surface area contributed by atoms with E-state index in [0.717, 1.165) is 40.3 Å². The third-order valence-electron chi connectivity index (χ3n) is 7.24. The van der Waals surface area contributed by atoms with Gasteiger partial charge in [0.15, 0.2) is 0 Å². The lowest BCUT2D eigenvalue weighted by molar-refractivity contribution is 0.0956. The number of nitrogens with zero attached hydrogens (tertiary/aromatic N) is 3. The molecule has 186 valence electrons. The number of hydrogen-bond donors (Lipinski definition) is 1. The van der Waals surface area contributed by atoms with Crippen LogP contribution in [0.15, 0.2) is 59.8 Å². The molecular weight excluding hydrogens is 436 g/mol. The Morgan fingerprint density at radius 2 is 1.20 bits per heavy atom. The summed E-state index contributed by atoms with van der Waals surface area (Å²) in [6.07, 6.45) is 7.86. The van der Waals surface area contributed by atoms with Gasteiger partial charge in [0.25, 0.3) is 0 Å². The van der Waals surface area contributed by atoms with Crippen LogP contribution in [0.25, 0.3) is 21.5 Å². The third-order valence-corrected chi connectivity index (χ3v) is 7.24. The molecule has 3 aromatic rings. The molecule has 0 aromatic heterocycles. The summed E-state index contributed by atoms with van der Waals surface area (Å²) in [7, 11) is 0. The first-order valence-electron chi connectivity index (χ1n) is 13.3. The van der Waals surface area contributed by atoms with E-state index >= 15 is 0 Å². The molecule has 2 heterocycles. The molecule has 0 unspecified atom stereocenters. The first-order valence-corrected chi connectivity index (χ1v) is 13.3. The Balaban J connectivity index is 1.39. The highest BCUT2D eigenvalue weighted by atomic mass is 16.6. The second-order valence-corrected chi connectivity index (χ2v) is 9.71. The molecule has 35 heavy (non-hydrogen) atoms. The van der Waals surface area contributed by atoms with Crippen molar-refractivity contribution in [1.82, 2.24) is 9.80 Å². The first kappa shape index (κ1) is 24.0. The van der Waals surface area contributed by atoms with Gasteiger partial charge in [-0.15, -0.1) is 0 Å². The van der Waals surface area contributed by atoms with Gasteiger partial charge in [-0.05, 0) is 68.7 Å². The molecule has 0 atom stereocenters. The van der Waals surface area contributed by atoms with Crippen LogP contribution < -0.4 is 10.8 Å². The van der Waals surface area contributed by atoms with Crippen LogP contribution in [-0.4, -0.2) is 62.3 Å². The SMILES string of the molecule is c1ccc2c(c1)c(NOCCN1CCCCC1)cc(=NOCCN1CCCCC1)c1ccccc12. The zero-order valence-corrected chi connectivity index (χ0v) is 20.8. The topological polar surface area (TPSA) is 49.3 Å². The molecule has 2 aliphatic rings. The second-order valence-electron chi connectivity index (χ2n) is 9.71. The number of benzene rings is 2. The van der Waals surface area contributed by atoms with Crippen molar-refractivity contribution < 1.29 is 9.68 Å². The Bertz CT molecular complexity index is 1170. The summed E-state index contributed by atoms with van der Waals surface area (Å²) in [6.45, 7) is 7.80. The van der Waals surface area contributed by atoms with Crippen LogP contribution in [0.2, 0.25) is 0 Å². The Morgan fingerprint density at radius 3 is 1.86 bits per heavy atom. The summed E-state index contributed by atoms with van der Waals surface area (Å²) in [5.41, 5.74) is 4.17. The minimum atomic E-state index is 0.599. The zero-order valence-electron chi connectivity index (χ0n) is 20.8. The van der Waals surface area contributed by atoms with Crippen molar-refractivity contribution in [2.75, 3.05) is 58.0 Å². The van der Waals surface area contributed by atoms with E-state index in [0.29, 0.717) is 13.2 Å². The predicted molar refractivity (Wildman–Crippen MR) is 143 cm³/mol. The first-order chi connectivity index (χ1) is 17.4. The minimum absolute atomic E-state index is 0.599. The van der Waals surface area contributed by atoms with E-state index in [1.807, 2.05) is 0 Å². The smallest absolute Gasteiger partial charge is 0.129 e. The highest BCUT2D eigenvalue weighted by Crippen LogP contribution is 2.27. The summed E-state index contributed by atoms with van der Waals surface area (Å²) >= 11 is 0. The maximum atomic E-state index is 5.98. The lowest BCUT2D eigenvalue weighted by Gasteiger charge is -2.26. The van der Waals surface area contributed by atoms with Crippen LogP contribution >= 0.6 is 0 Å². The molecule has 6 heteroatoms. The molecule has 2 saturated heterocycles. The number of nitrogens with one attached hydrogen (secondary N) is 1. The second kappa shape index (κ2) is 12.3. The van der Waals surface area contributed by atoms with Gasteiger partial charge in [0.1, 0.15) is 12.0 Å². The lowest BCUT2D eigenvalue weighted by Crippen LogP contribution is -2.33. The molecule has 0 saturated carbocycles. The fourth-order valence-corrected chi connectivity index (χ4v) is 5.30. The Morgan fingerprint density at radius 1 is 0.657 bits per heavy atom. The van der Waals surface area contributed by atoms with Crippen molar-refractivity contribution in [3.63, 3.8) is 0 Å². The van der Waals surface area contributed by atoms with Crippen molar-refractivity contribution in [2.45, 2.75) is 38.5 Å². The van der Waals surface area contributed by atoms with E-state index in [4.69, 9.17) is 9.68 Å². The molecule has 2 fully saturated rings. The quantitative estimate of drug-likeness (QED) is 0.344.